The second-order valence-corrected chi connectivity index (χ2v) is 3.76. The predicted octanol–water partition coefficient (Wildman–Crippen LogP) is 2.22. The molecule has 0 fully saturated rings. The molecule has 18 heavy (non-hydrogen) atoms. The molecule has 1 N–H and O–H groups in total. The van der Waals surface area contributed by atoms with Crippen LogP contribution in [0.1, 0.15) is 5.56 Å². The third kappa shape index (κ3) is 3.76. The van der Waals surface area contributed by atoms with E-state index < -0.39 is 11.7 Å². The Kier molecular flexibility index (Phi) is 4.77. The zero-order valence-corrected chi connectivity index (χ0v) is 10.5. The zero-order chi connectivity index (χ0) is 13.8. The Morgan fingerprint density at radius 2 is 2.06 bits per heavy atom. The van der Waals surface area contributed by atoms with E-state index in [0.29, 0.717) is 13.2 Å². The van der Waals surface area contributed by atoms with E-state index in [1.54, 1.807) is 11.9 Å². The summed E-state index contributed by atoms with van der Waals surface area (Å²) in [5.74, 6) is 0.440. The van der Waals surface area contributed by atoms with E-state index in [0.717, 1.165) is 12.1 Å². The summed E-state index contributed by atoms with van der Waals surface area (Å²) < 4.78 is 43.0. The largest absolute Gasteiger partial charge is 0.416 e. The molecule has 0 unspecified atom stereocenters. The molecule has 0 radical (unpaired) electrons. The van der Waals surface area contributed by atoms with Crippen LogP contribution in [0.2, 0.25) is 0 Å². The van der Waals surface area contributed by atoms with Crippen molar-refractivity contribution in [1.82, 2.24) is 4.98 Å². The van der Waals surface area contributed by atoms with Crippen LogP contribution >= 0.6 is 0 Å². The minimum absolute atomic E-state index is 0.184. The van der Waals surface area contributed by atoms with Gasteiger partial charge in [0.2, 0.25) is 0 Å². The van der Waals surface area contributed by atoms with Crippen LogP contribution in [0.5, 0.6) is 0 Å². The molecule has 0 aliphatic carbocycles. The van der Waals surface area contributed by atoms with Gasteiger partial charge < -0.3 is 15.0 Å². The summed E-state index contributed by atoms with van der Waals surface area (Å²) >= 11 is 0. The molecule has 0 aliphatic rings. The average Bonchev–Trinajstić information content (AvgIpc) is 2.34. The molecular weight excluding hydrogens is 247 g/mol. The van der Waals surface area contributed by atoms with Gasteiger partial charge in [-0.3, -0.25) is 0 Å². The molecule has 4 nitrogen and oxygen atoms in total. The molecule has 1 aromatic heterocycles. The van der Waals surface area contributed by atoms with Crippen LogP contribution < -0.4 is 10.2 Å². The molecule has 0 aliphatic heterocycles. The topological polar surface area (TPSA) is 37.4 Å². The van der Waals surface area contributed by atoms with Gasteiger partial charge in [-0.05, 0) is 12.1 Å². The minimum atomic E-state index is -4.38. The number of likely N-dealkylation sites (N-methyl/N-ethyl adjacent to an activating group) is 1. The minimum Gasteiger partial charge on any atom is -0.383 e. The maximum Gasteiger partial charge on any atom is 0.416 e. The van der Waals surface area contributed by atoms with E-state index in [1.807, 2.05) is 0 Å². The standard InChI is InChI=1S/C11H16F3N3O/c1-15-9-6-8(11(12,13)14)7-10(16-9)17(2)4-5-18-3/h6-7H,4-5H2,1-3H3,(H,15,16). The van der Waals surface area contributed by atoms with E-state index in [9.17, 15) is 13.2 Å². The number of alkyl halides is 3. The van der Waals surface area contributed by atoms with Crippen molar-refractivity contribution in [2.75, 3.05) is 44.6 Å². The number of hydrogen-bond donors (Lipinski definition) is 1. The number of methoxy groups -OCH3 is 1. The molecule has 1 aromatic rings. The summed E-state index contributed by atoms with van der Waals surface area (Å²) in [5, 5.41) is 2.62. The highest BCUT2D eigenvalue weighted by molar-refractivity contribution is 5.50. The van der Waals surface area contributed by atoms with Crippen LogP contribution in [0.25, 0.3) is 0 Å². The Labute approximate surface area is 104 Å². The lowest BCUT2D eigenvalue weighted by Crippen LogP contribution is -2.24. The summed E-state index contributed by atoms with van der Waals surface area (Å²) in [5.41, 5.74) is -0.721. The molecule has 7 heteroatoms. The number of nitrogens with zero attached hydrogens (tertiary/aromatic N) is 2. The lowest BCUT2D eigenvalue weighted by Gasteiger charge is -2.20. The van der Waals surface area contributed by atoms with Crippen molar-refractivity contribution in [2.24, 2.45) is 0 Å². The maximum absolute atomic E-state index is 12.7. The number of hydrogen-bond acceptors (Lipinski definition) is 4. The Hall–Kier alpha value is -1.50. The van der Waals surface area contributed by atoms with Gasteiger partial charge in [0.15, 0.2) is 0 Å². The molecule has 0 bridgehead atoms. The number of halogens is 3. The van der Waals surface area contributed by atoms with Crippen molar-refractivity contribution in [2.45, 2.75) is 6.18 Å². The van der Waals surface area contributed by atoms with Gasteiger partial charge >= 0.3 is 6.18 Å². The van der Waals surface area contributed by atoms with Gasteiger partial charge in [-0.2, -0.15) is 13.2 Å². The quantitative estimate of drug-likeness (QED) is 0.884. The van der Waals surface area contributed by atoms with Crippen LogP contribution in [-0.4, -0.2) is 39.3 Å². The van der Waals surface area contributed by atoms with Crippen LogP contribution in [0.15, 0.2) is 12.1 Å². The zero-order valence-electron chi connectivity index (χ0n) is 10.5. The summed E-state index contributed by atoms with van der Waals surface area (Å²) in [4.78, 5) is 5.69. The van der Waals surface area contributed by atoms with E-state index in [1.165, 1.54) is 14.2 Å². The van der Waals surface area contributed by atoms with Crippen molar-refractivity contribution < 1.29 is 17.9 Å². The molecule has 1 heterocycles. The Bertz CT molecular complexity index is 396. The average molecular weight is 263 g/mol. The summed E-state index contributed by atoms with van der Waals surface area (Å²) in [6.07, 6.45) is -4.38. The highest BCUT2D eigenvalue weighted by Crippen LogP contribution is 2.32. The Morgan fingerprint density at radius 3 is 2.56 bits per heavy atom. The van der Waals surface area contributed by atoms with Crippen molar-refractivity contribution >= 4 is 11.6 Å². The smallest absolute Gasteiger partial charge is 0.383 e. The molecule has 0 saturated carbocycles. The van der Waals surface area contributed by atoms with E-state index in [4.69, 9.17) is 4.74 Å². The highest BCUT2D eigenvalue weighted by Gasteiger charge is 2.31. The fourth-order valence-corrected chi connectivity index (χ4v) is 1.35. The first-order valence-corrected chi connectivity index (χ1v) is 5.35. The highest BCUT2D eigenvalue weighted by atomic mass is 19.4. The second-order valence-electron chi connectivity index (χ2n) is 3.76. The lowest BCUT2D eigenvalue weighted by atomic mass is 10.2. The monoisotopic (exact) mass is 263 g/mol. The SMILES string of the molecule is CNc1cc(C(F)(F)F)cc(N(C)CCOC)n1. The van der Waals surface area contributed by atoms with Crippen LogP contribution in [0, 0.1) is 0 Å². The van der Waals surface area contributed by atoms with Gasteiger partial charge in [0.25, 0.3) is 0 Å². The lowest BCUT2D eigenvalue weighted by molar-refractivity contribution is -0.137. The molecule has 0 saturated heterocycles. The first kappa shape index (κ1) is 14.6. The number of ether oxygens (including phenoxy) is 1. The fraction of sp³-hybridized carbons (Fsp3) is 0.545. The van der Waals surface area contributed by atoms with Gasteiger partial charge in [-0.15, -0.1) is 0 Å². The second kappa shape index (κ2) is 5.90. The van der Waals surface area contributed by atoms with Gasteiger partial charge in [0.05, 0.1) is 12.2 Å². The molecular formula is C11H16F3N3O. The fourth-order valence-electron chi connectivity index (χ4n) is 1.35. The molecule has 102 valence electrons. The molecule has 0 aromatic carbocycles. The van der Waals surface area contributed by atoms with E-state index in [2.05, 4.69) is 10.3 Å². The molecule has 0 atom stereocenters. The molecule has 0 spiro atoms. The van der Waals surface area contributed by atoms with Gasteiger partial charge in [-0.1, -0.05) is 0 Å². The van der Waals surface area contributed by atoms with Crippen molar-refractivity contribution in [3.05, 3.63) is 17.7 Å². The molecule has 1 rings (SSSR count). The number of anilines is 2. The van der Waals surface area contributed by atoms with E-state index >= 15 is 0 Å². The first-order valence-electron chi connectivity index (χ1n) is 5.35. The normalized spacial score (nSPS) is 11.4. The van der Waals surface area contributed by atoms with Crippen molar-refractivity contribution in [3.63, 3.8) is 0 Å². The summed E-state index contributed by atoms with van der Waals surface area (Å²) in [7, 11) is 4.73. The van der Waals surface area contributed by atoms with Gasteiger partial charge in [0, 0.05) is 27.7 Å². The van der Waals surface area contributed by atoms with Crippen LogP contribution in [0.4, 0.5) is 24.8 Å². The third-order valence-corrected chi connectivity index (χ3v) is 2.42. The van der Waals surface area contributed by atoms with E-state index in [-0.39, 0.29) is 11.6 Å². The molecule has 0 amide bonds. The van der Waals surface area contributed by atoms with Crippen LogP contribution in [-0.2, 0) is 10.9 Å². The third-order valence-electron chi connectivity index (χ3n) is 2.42. The number of nitrogens with one attached hydrogen (secondary N) is 1. The predicted molar refractivity (Wildman–Crippen MR) is 63.9 cm³/mol. The Balaban J connectivity index is 3.04. The number of rotatable bonds is 5. The number of aromatic nitrogens is 1. The van der Waals surface area contributed by atoms with Crippen LogP contribution in [0.3, 0.4) is 0 Å². The first-order chi connectivity index (χ1) is 8.38. The van der Waals surface area contributed by atoms with Crippen molar-refractivity contribution in [3.8, 4) is 0 Å². The maximum atomic E-state index is 12.7. The Morgan fingerprint density at radius 1 is 1.39 bits per heavy atom. The summed E-state index contributed by atoms with van der Waals surface area (Å²) in [6.45, 7) is 0.886. The van der Waals surface area contributed by atoms with Crippen molar-refractivity contribution in [1.29, 1.82) is 0 Å². The number of pyridine rings is 1. The van der Waals surface area contributed by atoms with Gasteiger partial charge in [-0.25, -0.2) is 4.98 Å². The summed E-state index contributed by atoms with van der Waals surface area (Å²) in [6, 6.07) is 2.00. The van der Waals surface area contributed by atoms with Gasteiger partial charge in [0.1, 0.15) is 11.6 Å².